The van der Waals surface area contributed by atoms with Crippen LogP contribution >= 0.6 is 0 Å². The molecule has 3 nitrogen and oxygen atoms in total. The van der Waals surface area contributed by atoms with E-state index in [1.54, 1.807) is 24.3 Å². The number of nitrogens with one attached hydrogen (secondary N) is 1. The summed E-state index contributed by atoms with van der Waals surface area (Å²) in [5.74, 6) is 0.0177. The molecular weight excluding hydrogens is 214 g/mol. The number of aldehydes is 1. The molecule has 0 spiro atoms. The zero-order valence-corrected chi connectivity index (χ0v) is 10.2. The lowest BCUT2D eigenvalue weighted by Gasteiger charge is -2.05. The molecule has 0 saturated carbocycles. The Hall–Kier alpha value is -1.64. The van der Waals surface area contributed by atoms with Crippen LogP contribution in [0.2, 0.25) is 0 Å². The van der Waals surface area contributed by atoms with Gasteiger partial charge in [0.2, 0.25) is 5.91 Å². The van der Waals surface area contributed by atoms with Crippen molar-refractivity contribution in [1.29, 1.82) is 0 Å². The minimum absolute atomic E-state index is 0.0177. The van der Waals surface area contributed by atoms with Gasteiger partial charge in [-0.25, -0.2) is 0 Å². The van der Waals surface area contributed by atoms with Crippen molar-refractivity contribution in [1.82, 2.24) is 0 Å². The fourth-order valence-corrected chi connectivity index (χ4v) is 1.63. The summed E-state index contributed by atoms with van der Waals surface area (Å²) in [7, 11) is 0. The van der Waals surface area contributed by atoms with E-state index in [4.69, 9.17) is 0 Å². The van der Waals surface area contributed by atoms with Gasteiger partial charge in [-0.3, -0.25) is 9.59 Å². The van der Waals surface area contributed by atoms with Crippen molar-refractivity contribution >= 4 is 17.9 Å². The predicted molar refractivity (Wildman–Crippen MR) is 69.2 cm³/mol. The van der Waals surface area contributed by atoms with Gasteiger partial charge in [0.05, 0.1) is 0 Å². The van der Waals surface area contributed by atoms with Crippen LogP contribution in [0.25, 0.3) is 0 Å². The van der Waals surface area contributed by atoms with Gasteiger partial charge in [0.25, 0.3) is 0 Å². The second-order valence-corrected chi connectivity index (χ2v) is 4.10. The van der Waals surface area contributed by atoms with Gasteiger partial charge in [-0.05, 0) is 18.6 Å². The van der Waals surface area contributed by atoms with E-state index >= 15 is 0 Å². The van der Waals surface area contributed by atoms with Gasteiger partial charge in [-0.15, -0.1) is 0 Å². The smallest absolute Gasteiger partial charge is 0.224 e. The third-order valence-corrected chi connectivity index (χ3v) is 2.56. The maximum atomic E-state index is 11.6. The molecule has 0 atom stereocenters. The summed E-state index contributed by atoms with van der Waals surface area (Å²) in [6.45, 7) is 2.14. The Morgan fingerprint density at radius 3 is 2.82 bits per heavy atom. The molecule has 0 radical (unpaired) electrons. The molecule has 0 aliphatic carbocycles. The molecule has 1 N–H and O–H groups in total. The number of benzene rings is 1. The van der Waals surface area contributed by atoms with E-state index in [0.717, 1.165) is 19.1 Å². The summed E-state index contributed by atoms with van der Waals surface area (Å²) < 4.78 is 0. The Kier molecular flexibility index (Phi) is 6.00. The van der Waals surface area contributed by atoms with Gasteiger partial charge in [-0.2, -0.15) is 0 Å². The van der Waals surface area contributed by atoms with E-state index in [1.807, 2.05) is 0 Å². The maximum Gasteiger partial charge on any atom is 0.224 e. The number of carbonyl (C=O) groups excluding carboxylic acids is 2. The Morgan fingerprint density at radius 2 is 2.12 bits per heavy atom. The van der Waals surface area contributed by atoms with Crippen LogP contribution in [-0.4, -0.2) is 12.2 Å². The van der Waals surface area contributed by atoms with Gasteiger partial charge in [-0.1, -0.05) is 38.3 Å². The Bertz CT molecular complexity index is 374. The molecule has 17 heavy (non-hydrogen) atoms. The molecule has 0 aliphatic rings. The first-order chi connectivity index (χ1) is 8.26. The number of hydrogen-bond donors (Lipinski definition) is 1. The highest BCUT2D eigenvalue weighted by Gasteiger charge is 2.02. The van der Waals surface area contributed by atoms with Crippen molar-refractivity contribution < 1.29 is 9.59 Å². The molecule has 1 aromatic rings. The summed E-state index contributed by atoms with van der Waals surface area (Å²) in [4.78, 5) is 22.2. The number of carbonyl (C=O) groups is 2. The lowest BCUT2D eigenvalue weighted by molar-refractivity contribution is -0.116. The summed E-state index contributed by atoms with van der Waals surface area (Å²) in [6, 6.07) is 6.94. The van der Waals surface area contributed by atoms with Crippen LogP contribution in [0.5, 0.6) is 0 Å². The van der Waals surface area contributed by atoms with Crippen LogP contribution in [0.4, 0.5) is 5.69 Å². The first-order valence-corrected chi connectivity index (χ1v) is 6.11. The molecule has 1 rings (SSSR count). The van der Waals surface area contributed by atoms with Crippen LogP contribution < -0.4 is 5.32 Å². The van der Waals surface area contributed by atoms with Crippen LogP contribution in [-0.2, 0) is 4.79 Å². The second-order valence-electron chi connectivity index (χ2n) is 4.10. The number of rotatable bonds is 7. The highest BCUT2D eigenvalue weighted by Crippen LogP contribution is 2.10. The lowest BCUT2D eigenvalue weighted by Crippen LogP contribution is -2.11. The molecule has 0 saturated heterocycles. The molecule has 0 bridgehead atoms. The Labute approximate surface area is 102 Å². The molecule has 0 aliphatic heterocycles. The number of anilines is 1. The van der Waals surface area contributed by atoms with Crippen molar-refractivity contribution in [3.8, 4) is 0 Å². The fraction of sp³-hybridized carbons (Fsp3) is 0.429. The van der Waals surface area contributed by atoms with E-state index in [2.05, 4.69) is 12.2 Å². The average Bonchev–Trinajstić information content (AvgIpc) is 2.35. The topological polar surface area (TPSA) is 46.2 Å². The highest BCUT2D eigenvalue weighted by atomic mass is 16.1. The van der Waals surface area contributed by atoms with E-state index in [9.17, 15) is 9.59 Å². The fourth-order valence-electron chi connectivity index (χ4n) is 1.63. The van der Waals surface area contributed by atoms with E-state index in [0.29, 0.717) is 17.7 Å². The highest BCUT2D eigenvalue weighted by molar-refractivity contribution is 5.91. The third-order valence-electron chi connectivity index (χ3n) is 2.56. The zero-order valence-electron chi connectivity index (χ0n) is 10.2. The molecule has 3 heteroatoms. The predicted octanol–water partition coefficient (Wildman–Crippen LogP) is 3.41. The standard InChI is InChI=1S/C14H19NO2/c1-2-3-4-5-9-14(17)15-13-8-6-7-12(10-13)11-16/h6-8,10-11H,2-5,9H2,1H3,(H,15,17). The first-order valence-electron chi connectivity index (χ1n) is 6.11. The molecule has 0 aromatic heterocycles. The van der Waals surface area contributed by atoms with E-state index in [1.165, 1.54) is 12.8 Å². The van der Waals surface area contributed by atoms with Crippen LogP contribution in [0, 0.1) is 0 Å². The molecular formula is C14H19NO2. The molecule has 0 unspecified atom stereocenters. The summed E-state index contributed by atoms with van der Waals surface area (Å²) in [6.07, 6.45) is 5.68. The van der Waals surface area contributed by atoms with Crippen LogP contribution in [0.15, 0.2) is 24.3 Å². The van der Waals surface area contributed by atoms with Gasteiger partial charge in [0, 0.05) is 17.7 Å². The maximum absolute atomic E-state index is 11.6. The molecule has 92 valence electrons. The molecule has 0 fully saturated rings. The Morgan fingerprint density at radius 1 is 1.29 bits per heavy atom. The van der Waals surface area contributed by atoms with Gasteiger partial charge in [0.1, 0.15) is 6.29 Å². The molecule has 0 heterocycles. The third kappa shape index (κ3) is 5.29. The zero-order chi connectivity index (χ0) is 12.5. The van der Waals surface area contributed by atoms with Crippen LogP contribution in [0.1, 0.15) is 49.4 Å². The number of unbranched alkanes of at least 4 members (excludes halogenated alkanes) is 3. The van der Waals surface area contributed by atoms with Gasteiger partial charge in [0.15, 0.2) is 0 Å². The quantitative estimate of drug-likeness (QED) is 0.579. The minimum Gasteiger partial charge on any atom is -0.326 e. The van der Waals surface area contributed by atoms with E-state index in [-0.39, 0.29) is 5.91 Å². The van der Waals surface area contributed by atoms with Crippen molar-refractivity contribution in [2.24, 2.45) is 0 Å². The largest absolute Gasteiger partial charge is 0.326 e. The normalized spacial score (nSPS) is 9.94. The summed E-state index contributed by atoms with van der Waals surface area (Å²) in [5, 5.41) is 2.80. The lowest BCUT2D eigenvalue weighted by atomic mass is 10.1. The van der Waals surface area contributed by atoms with Crippen molar-refractivity contribution in [2.75, 3.05) is 5.32 Å². The second kappa shape index (κ2) is 7.60. The van der Waals surface area contributed by atoms with Crippen molar-refractivity contribution in [2.45, 2.75) is 39.0 Å². The van der Waals surface area contributed by atoms with Crippen molar-refractivity contribution in [3.63, 3.8) is 0 Å². The molecule has 1 aromatic carbocycles. The van der Waals surface area contributed by atoms with Gasteiger partial charge >= 0.3 is 0 Å². The Balaban J connectivity index is 2.36. The summed E-state index contributed by atoms with van der Waals surface area (Å²) >= 11 is 0. The average molecular weight is 233 g/mol. The SMILES string of the molecule is CCCCCCC(=O)Nc1cccc(C=O)c1. The first kappa shape index (κ1) is 13.4. The summed E-state index contributed by atoms with van der Waals surface area (Å²) in [5.41, 5.74) is 1.27. The molecule has 1 amide bonds. The van der Waals surface area contributed by atoms with Crippen LogP contribution in [0.3, 0.4) is 0 Å². The minimum atomic E-state index is 0.0177. The van der Waals surface area contributed by atoms with Crippen molar-refractivity contribution in [3.05, 3.63) is 29.8 Å². The van der Waals surface area contributed by atoms with E-state index < -0.39 is 0 Å². The monoisotopic (exact) mass is 233 g/mol. The van der Waals surface area contributed by atoms with Gasteiger partial charge < -0.3 is 5.32 Å². The number of amides is 1. The number of hydrogen-bond acceptors (Lipinski definition) is 2.